The van der Waals surface area contributed by atoms with Crippen LogP contribution in [0.4, 0.5) is 5.82 Å². The number of aromatic nitrogens is 1. The van der Waals surface area contributed by atoms with Gasteiger partial charge in [0.15, 0.2) is 0 Å². The van der Waals surface area contributed by atoms with E-state index >= 15 is 0 Å². The summed E-state index contributed by atoms with van der Waals surface area (Å²) in [6, 6.07) is 3.65. The normalized spacial score (nSPS) is 10.5. The third kappa shape index (κ3) is 4.26. The molecule has 0 spiro atoms. The van der Waals surface area contributed by atoms with Gasteiger partial charge in [0.05, 0.1) is 0 Å². The third-order valence-electron chi connectivity index (χ3n) is 1.76. The molecule has 0 aliphatic carbocycles. The molecule has 0 saturated carbocycles. The highest BCUT2D eigenvalue weighted by atomic mass is 16.4. The van der Waals surface area contributed by atoms with Gasteiger partial charge in [0.25, 0.3) is 0 Å². The Labute approximate surface area is 88.7 Å². The molecule has 0 amide bonds. The molecule has 1 rings (SSSR count). The Bertz CT molecular complexity index is 344. The van der Waals surface area contributed by atoms with Crippen molar-refractivity contribution >= 4 is 17.9 Å². The van der Waals surface area contributed by atoms with Gasteiger partial charge in [0.1, 0.15) is 5.82 Å². The van der Waals surface area contributed by atoms with Gasteiger partial charge in [-0.3, -0.25) is 0 Å². The second kappa shape index (κ2) is 5.80. The van der Waals surface area contributed by atoms with E-state index in [1.54, 1.807) is 6.20 Å². The summed E-state index contributed by atoms with van der Waals surface area (Å²) < 4.78 is 0. The van der Waals surface area contributed by atoms with E-state index in [0.29, 0.717) is 0 Å². The summed E-state index contributed by atoms with van der Waals surface area (Å²) in [7, 11) is 0. The molecule has 0 bridgehead atoms. The number of carbonyl (C=O) groups is 1. The predicted molar refractivity (Wildman–Crippen MR) is 59.7 cm³/mol. The first-order chi connectivity index (χ1) is 7.22. The van der Waals surface area contributed by atoms with Crippen LogP contribution < -0.4 is 5.32 Å². The van der Waals surface area contributed by atoms with E-state index in [9.17, 15) is 4.79 Å². The lowest BCUT2D eigenvalue weighted by molar-refractivity contribution is -0.131. The minimum Gasteiger partial charge on any atom is -0.478 e. The first kappa shape index (κ1) is 11.2. The molecule has 1 aromatic rings. The number of carboxylic acid groups (broad SMARTS) is 1. The molecule has 0 atom stereocenters. The Morgan fingerprint density at radius 1 is 1.60 bits per heavy atom. The Morgan fingerprint density at radius 3 is 2.93 bits per heavy atom. The lowest BCUT2D eigenvalue weighted by Gasteiger charge is -2.02. The fraction of sp³-hybridized carbons (Fsp3) is 0.273. The highest BCUT2D eigenvalue weighted by molar-refractivity contribution is 5.85. The summed E-state index contributed by atoms with van der Waals surface area (Å²) in [6.07, 6.45) is 5.29. The van der Waals surface area contributed by atoms with Gasteiger partial charge in [0, 0.05) is 18.8 Å². The number of rotatable bonds is 5. The zero-order valence-electron chi connectivity index (χ0n) is 8.60. The SMILES string of the molecule is CCCNc1ccc(/C=C/C(=O)O)cn1. The minimum absolute atomic E-state index is 0.777. The monoisotopic (exact) mass is 206 g/mol. The molecule has 1 heterocycles. The van der Waals surface area contributed by atoms with Crippen molar-refractivity contribution in [2.45, 2.75) is 13.3 Å². The Balaban J connectivity index is 2.60. The van der Waals surface area contributed by atoms with Gasteiger partial charge in [-0.25, -0.2) is 9.78 Å². The number of aliphatic carboxylic acids is 1. The Morgan fingerprint density at radius 2 is 2.40 bits per heavy atom. The molecule has 1 aromatic heterocycles. The van der Waals surface area contributed by atoms with Crippen LogP contribution in [-0.4, -0.2) is 22.6 Å². The summed E-state index contributed by atoms with van der Waals surface area (Å²) in [5.41, 5.74) is 0.777. The van der Waals surface area contributed by atoms with Crippen LogP contribution in [0, 0.1) is 0 Å². The Hall–Kier alpha value is -1.84. The lowest BCUT2D eigenvalue weighted by Crippen LogP contribution is -2.01. The van der Waals surface area contributed by atoms with Crippen LogP contribution in [0.15, 0.2) is 24.4 Å². The standard InChI is InChI=1S/C11H14N2O2/c1-2-7-12-10-5-3-9(8-13-10)4-6-11(14)15/h3-6,8H,2,7H2,1H3,(H,12,13)(H,14,15)/b6-4+. The number of nitrogens with zero attached hydrogens (tertiary/aromatic N) is 1. The van der Waals surface area contributed by atoms with E-state index in [4.69, 9.17) is 5.11 Å². The summed E-state index contributed by atoms with van der Waals surface area (Å²) in [6.45, 7) is 2.97. The van der Waals surface area contributed by atoms with E-state index < -0.39 is 5.97 Å². The smallest absolute Gasteiger partial charge is 0.328 e. The van der Waals surface area contributed by atoms with Crippen LogP contribution in [0.3, 0.4) is 0 Å². The largest absolute Gasteiger partial charge is 0.478 e. The molecule has 0 aliphatic rings. The summed E-state index contributed by atoms with van der Waals surface area (Å²) in [5, 5.41) is 11.6. The van der Waals surface area contributed by atoms with Gasteiger partial charge in [-0.05, 0) is 30.2 Å². The van der Waals surface area contributed by atoms with Gasteiger partial charge in [-0.1, -0.05) is 6.92 Å². The van der Waals surface area contributed by atoms with E-state index in [1.807, 2.05) is 12.1 Å². The van der Waals surface area contributed by atoms with Crippen LogP contribution >= 0.6 is 0 Å². The average molecular weight is 206 g/mol. The summed E-state index contributed by atoms with van der Waals surface area (Å²) in [5.74, 6) is -0.146. The van der Waals surface area contributed by atoms with Crippen LogP contribution in [0.25, 0.3) is 6.08 Å². The van der Waals surface area contributed by atoms with E-state index in [-0.39, 0.29) is 0 Å². The third-order valence-corrected chi connectivity index (χ3v) is 1.76. The van der Waals surface area contributed by atoms with Gasteiger partial charge in [-0.15, -0.1) is 0 Å². The van der Waals surface area contributed by atoms with Crippen molar-refractivity contribution in [1.29, 1.82) is 0 Å². The van der Waals surface area contributed by atoms with Crippen molar-refractivity contribution in [2.75, 3.05) is 11.9 Å². The predicted octanol–water partition coefficient (Wildman–Crippen LogP) is 2.00. The van der Waals surface area contributed by atoms with Crippen molar-refractivity contribution < 1.29 is 9.90 Å². The quantitative estimate of drug-likeness (QED) is 0.723. The number of carboxylic acids is 1. The topological polar surface area (TPSA) is 62.2 Å². The molecule has 0 saturated heterocycles. The molecule has 0 unspecified atom stereocenters. The average Bonchev–Trinajstić information content (AvgIpc) is 2.25. The second-order valence-corrected chi connectivity index (χ2v) is 3.08. The molecule has 15 heavy (non-hydrogen) atoms. The zero-order valence-corrected chi connectivity index (χ0v) is 8.60. The van der Waals surface area contributed by atoms with Crippen LogP contribution in [0.2, 0.25) is 0 Å². The highest BCUT2D eigenvalue weighted by Crippen LogP contribution is 2.06. The van der Waals surface area contributed by atoms with Crippen molar-refractivity contribution in [3.63, 3.8) is 0 Å². The molecule has 0 aliphatic heterocycles. The number of nitrogens with one attached hydrogen (secondary N) is 1. The number of hydrogen-bond acceptors (Lipinski definition) is 3. The molecule has 4 nitrogen and oxygen atoms in total. The van der Waals surface area contributed by atoms with Crippen LogP contribution in [0.5, 0.6) is 0 Å². The molecular weight excluding hydrogens is 192 g/mol. The van der Waals surface area contributed by atoms with Crippen molar-refractivity contribution in [3.8, 4) is 0 Å². The zero-order chi connectivity index (χ0) is 11.1. The van der Waals surface area contributed by atoms with Crippen LogP contribution in [-0.2, 0) is 4.79 Å². The molecule has 4 heteroatoms. The molecule has 0 aromatic carbocycles. The maximum Gasteiger partial charge on any atom is 0.328 e. The molecule has 0 radical (unpaired) electrons. The molecule has 80 valence electrons. The first-order valence-corrected chi connectivity index (χ1v) is 4.83. The highest BCUT2D eigenvalue weighted by Gasteiger charge is 1.93. The minimum atomic E-state index is -0.955. The lowest BCUT2D eigenvalue weighted by atomic mass is 10.2. The fourth-order valence-corrected chi connectivity index (χ4v) is 1.03. The molecule has 0 fully saturated rings. The maximum absolute atomic E-state index is 10.3. The summed E-state index contributed by atoms with van der Waals surface area (Å²) in [4.78, 5) is 14.4. The van der Waals surface area contributed by atoms with Crippen LogP contribution in [0.1, 0.15) is 18.9 Å². The van der Waals surface area contributed by atoms with Crippen molar-refractivity contribution in [2.24, 2.45) is 0 Å². The van der Waals surface area contributed by atoms with E-state index in [1.165, 1.54) is 6.08 Å². The first-order valence-electron chi connectivity index (χ1n) is 4.83. The fourth-order valence-electron chi connectivity index (χ4n) is 1.03. The van der Waals surface area contributed by atoms with E-state index in [2.05, 4.69) is 17.2 Å². The van der Waals surface area contributed by atoms with Crippen molar-refractivity contribution in [1.82, 2.24) is 4.98 Å². The Kier molecular flexibility index (Phi) is 4.34. The number of pyridine rings is 1. The summed E-state index contributed by atoms with van der Waals surface area (Å²) >= 11 is 0. The van der Waals surface area contributed by atoms with Gasteiger partial charge in [0.2, 0.25) is 0 Å². The van der Waals surface area contributed by atoms with E-state index in [0.717, 1.165) is 30.4 Å². The van der Waals surface area contributed by atoms with Gasteiger partial charge < -0.3 is 10.4 Å². The molecular formula is C11H14N2O2. The second-order valence-electron chi connectivity index (χ2n) is 3.08. The van der Waals surface area contributed by atoms with Gasteiger partial charge in [-0.2, -0.15) is 0 Å². The number of anilines is 1. The molecule has 2 N–H and O–H groups in total. The number of hydrogen-bond donors (Lipinski definition) is 2. The maximum atomic E-state index is 10.3. The van der Waals surface area contributed by atoms with Gasteiger partial charge >= 0.3 is 5.97 Å². The van der Waals surface area contributed by atoms with Crippen molar-refractivity contribution in [3.05, 3.63) is 30.0 Å².